The molecule has 0 radical (unpaired) electrons. The highest BCUT2D eigenvalue weighted by Crippen LogP contribution is 2.07. The van der Waals surface area contributed by atoms with Crippen molar-refractivity contribution in [2.45, 2.75) is 32.7 Å². The highest BCUT2D eigenvalue weighted by atomic mass is 32.2. The topological polar surface area (TPSA) is 96.4 Å². The Hall–Kier alpha value is -1.47. The Morgan fingerprint density at radius 2 is 2.10 bits per heavy atom. The summed E-state index contributed by atoms with van der Waals surface area (Å²) >= 11 is 0. The van der Waals surface area contributed by atoms with Crippen LogP contribution in [0.15, 0.2) is 24.4 Å². The van der Waals surface area contributed by atoms with E-state index in [1.165, 1.54) is 0 Å². The van der Waals surface area contributed by atoms with Crippen molar-refractivity contribution in [3.05, 3.63) is 30.1 Å². The zero-order chi connectivity index (χ0) is 15.2. The van der Waals surface area contributed by atoms with Crippen molar-refractivity contribution in [2.24, 2.45) is 5.92 Å². The largest absolute Gasteiger partial charge is 0.480 e. The average Bonchev–Trinajstić information content (AvgIpc) is 2.36. The quantitative estimate of drug-likeness (QED) is 0.748. The van der Waals surface area contributed by atoms with Crippen molar-refractivity contribution in [2.75, 3.05) is 5.75 Å². The van der Waals surface area contributed by atoms with Gasteiger partial charge in [-0.2, -0.15) is 0 Å². The zero-order valence-corrected chi connectivity index (χ0v) is 12.4. The molecule has 1 rings (SSSR count). The fourth-order valence-electron chi connectivity index (χ4n) is 1.73. The van der Waals surface area contributed by atoms with Crippen molar-refractivity contribution >= 4 is 16.0 Å². The van der Waals surface area contributed by atoms with Gasteiger partial charge in [-0.05, 0) is 24.5 Å². The predicted molar refractivity (Wildman–Crippen MR) is 75.7 cm³/mol. The van der Waals surface area contributed by atoms with E-state index >= 15 is 0 Å². The van der Waals surface area contributed by atoms with Crippen molar-refractivity contribution in [1.29, 1.82) is 0 Å². The van der Waals surface area contributed by atoms with E-state index in [9.17, 15) is 13.2 Å². The average molecular weight is 300 g/mol. The van der Waals surface area contributed by atoms with Crippen molar-refractivity contribution in [3.63, 3.8) is 0 Å². The first kappa shape index (κ1) is 16.6. The minimum Gasteiger partial charge on any atom is -0.480 e. The Balaban J connectivity index is 2.61. The molecule has 0 amide bonds. The second kappa shape index (κ2) is 7.35. The van der Waals surface area contributed by atoms with Gasteiger partial charge in [-0.25, -0.2) is 13.1 Å². The van der Waals surface area contributed by atoms with Gasteiger partial charge in [0.2, 0.25) is 10.0 Å². The molecule has 0 saturated carbocycles. The molecule has 6 nitrogen and oxygen atoms in total. The summed E-state index contributed by atoms with van der Waals surface area (Å²) in [5.41, 5.74) is 0.661. The summed E-state index contributed by atoms with van der Waals surface area (Å²) in [6, 6.07) is 4.18. The first-order chi connectivity index (χ1) is 9.30. The lowest BCUT2D eigenvalue weighted by molar-refractivity contribution is -0.139. The number of nitrogens with zero attached hydrogens (tertiary/aromatic N) is 1. The standard InChI is InChI=1S/C13H20N2O4S/c1-10(2)9-12(13(16)17)15-20(18,19)8-6-11-5-3-4-7-14-11/h3-5,7,10,12,15H,6,8-9H2,1-2H3,(H,16,17)/t12-/m1/s1. The number of hydrogen-bond acceptors (Lipinski definition) is 4. The van der Waals surface area contributed by atoms with Crippen LogP contribution in [0.1, 0.15) is 26.0 Å². The lowest BCUT2D eigenvalue weighted by Crippen LogP contribution is -2.42. The maximum atomic E-state index is 11.9. The van der Waals surface area contributed by atoms with Crippen molar-refractivity contribution in [3.8, 4) is 0 Å². The Morgan fingerprint density at radius 3 is 2.60 bits per heavy atom. The molecule has 112 valence electrons. The van der Waals surface area contributed by atoms with Gasteiger partial charge in [0, 0.05) is 18.3 Å². The molecule has 0 aliphatic carbocycles. The molecule has 0 saturated heterocycles. The molecule has 1 heterocycles. The summed E-state index contributed by atoms with van der Waals surface area (Å²) in [5.74, 6) is -1.24. The van der Waals surface area contributed by atoms with Crippen LogP contribution >= 0.6 is 0 Å². The van der Waals surface area contributed by atoms with E-state index in [4.69, 9.17) is 5.11 Å². The van der Waals surface area contributed by atoms with Crippen LogP contribution in [0.2, 0.25) is 0 Å². The van der Waals surface area contributed by atoms with E-state index in [0.29, 0.717) is 5.69 Å². The SMILES string of the molecule is CC(C)C[C@@H](NS(=O)(=O)CCc1ccccn1)C(=O)O. The van der Waals surface area contributed by atoms with E-state index in [0.717, 1.165) is 0 Å². The molecule has 0 bridgehead atoms. The summed E-state index contributed by atoms with van der Waals surface area (Å²) in [6.45, 7) is 3.69. The third-order valence-corrected chi connectivity index (χ3v) is 4.07. The van der Waals surface area contributed by atoms with Crippen molar-refractivity contribution in [1.82, 2.24) is 9.71 Å². The first-order valence-electron chi connectivity index (χ1n) is 6.43. The Kier molecular flexibility index (Phi) is 6.09. The number of carboxylic acid groups (broad SMARTS) is 1. The van der Waals surface area contributed by atoms with Gasteiger partial charge in [-0.1, -0.05) is 19.9 Å². The third kappa shape index (κ3) is 6.12. The second-order valence-electron chi connectivity index (χ2n) is 5.03. The fraction of sp³-hybridized carbons (Fsp3) is 0.538. The highest BCUT2D eigenvalue weighted by molar-refractivity contribution is 7.89. The van der Waals surface area contributed by atoms with Gasteiger partial charge in [0.1, 0.15) is 6.04 Å². The number of aromatic nitrogens is 1. The molecular weight excluding hydrogens is 280 g/mol. The minimum absolute atomic E-state index is 0.0922. The van der Waals surface area contributed by atoms with E-state index in [1.807, 2.05) is 13.8 Å². The number of aryl methyl sites for hydroxylation is 1. The van der Waals surface area contributed by atoms with Gasteiger partial charge in [0.05, 0.1) is 5.75 Å². The number of hydrogen-bond donors (Lipinski definition) is 2. The van der Waals surface area contributed by atoms with Gasteiger partial charge in [0.15, 0.2) is 0 Å². The number of aliphatic carboxylic acids is 1. The molecule has 0 spiro atoms. The summed E-state index contributed by atoms with van der Waals surface area (Å²) in [5, 5.41) is 9.03. The van der Waals surface area contributed by atoms with Crippen LogP contribution in [0.5, 0.6) is 0 Å². The number of carboxylic acids is 1. The lowest BCUT2D eigenvalue weighted by Gasteiger charge is -2.16. The molecule has 0 aliphatic rings. The van der Waals surface area contributed by atoms with Crippen LogP contribution in [0, 0.1) is 5.92 Å². The van der Waals surface area contributed by atoms with Gasteiger partial charge in [-0.15, -0.1) is 0 Å². The Morgan fingerprint density at radius 1 is 1.40 bits per heavy atom. The molecule has 20 heavy (non-hydrogen) atoms. The maximum absolute atomic E-state index is 11.9. The van der Waals surface area contributed by atoms with Crippen LogP contribution in [-0.2, 0) is 21.2 Å². The van der Waals surface area contributed by atoms with E-state index in [2.05, 4.69) is 9.71 Å². The molecule has 1 aromatic rings. The van der Waals surface area contributed by atoms with Crippen LogP contribution in [0.3, 0.4) is 0 Å². The lowest BCUT2D eigenvalue weighted by atomic mass is 10.1. The molecule has 7 heteroatoms. The summed E-state index contributed by atoms with van der Waals surface area (Å²) in [7, 11) is -3.64. The number of pyridine rings is 1. The molecule has 0 aromatic carbocycles. The Labute approximate surface area is 119 Å². The molecular formula is C13H20N2O4S. The minimum atomic E-state index is -3.64. The number of carbonyl (C=O) groups is 1. The smallest absolute Gasteiger partial charge is 0.321 e. The second-order valence-corrected chi connectivity index (χ2v) is 6.90. The van der Waals surface area contributed by atoms with E-state index in [1.54, 1.807) is 24.4 Å². The molecule has 1 aromatic heterocycles. The van der Waals surface area contributed by atoms with Crippen molar-refractivity contribution < 1.29 is 18.3 Å². The van der Waals surface area contributed by atoms with Crippen LogP contribution < -0.4 is 4.72 Å². The van der Waals surface area contributed by atoms with Crippen LogP contribution in [0.25, 0.3) is 0 Å². The summed E-state index contributed by atoms with van der Waals surface area (Å²) < 4.78 is 26.0. The van der Waals surface area contributed by atoms with Gasteiger partial charge < -0.3 is 5.11 Å². The van der Waals surface area contributed by atoms with Gasteiger partial charge in [0.25, 0.3) is 0 Å². The maximum Gasteiger partial charge on any atom is 0.321 e. The number of nitrogens with one attached hydrogen (secondary N) is 1. The van der Waals surface area contributed by atoms with Gasteiger partial charge >= 0.3 is 5.97 Å². The summed E-state index contributed by atoms with van der Waals surface area (Å²) in [6.07, 6.45) is 2.11. The van der Waals surface area contributed by atoms with E-state index in [-0.39, 0.29) is 24.5 Å². The van der Waals surface area contributed by atoms with Crippen LogP contribution in [0.4, 0.5) is 0 Å². The fourth-order valence-corrected chi connectivity index (χ4v) is 2.96. The van der Waals surface area contributed by atoms with Gasteiger partial charge in [-0.3, -0.25) is 9.78 Å². The third-order valence-electron chi connectivity index (χ3n) is 2.68. The highest BCUT2D eigenvalue weighted by Gasteiger charge is 2.24. The molecule has 2 N–H and O–H groups in total. The zero-order valence-electron chi connectivity index (χ0n) is 11.6. The molecule has 0 unspecified atom stereocenters. The van der Waals surface area contributed by atoms with E-state index < -0.39 is 22.0 Å². The summed E-state index contributed by atoms with van der Waals surface area (Å²) in [4.78, 5) is 15.1. The number of rotatable bonds is 8. The molecule has 0 fully saturated rings. The monoisotopic (exact) mass is 300 g/mol. The molecule has 1 atom stereocenters. The first-order valence-corrected chi connectivity index (χ1v) is 8.08. The Bertz CT molecular complexity index is 529. The van der Waals surface area contributed by atoms with Crippen LogP contribution in [-0.4, -0.2) is 36.3 Å². The number of sulfonamides is 1. The predicted octanol–water partition coefficient (Wildman–Crippen LogP) is 1.04. The normalized spacial score (nSPS) is 13.3. The molecule has 0 aliphatic heterocycles.